The van der Waals surface area contributed by atoms with E-state index >= 15 is 0 Å². The highest BCUT2D eigenvalue weighted by molar-refractivity contribution is 6.34. The largest absolute Gasteiger partial charge is 0.465 e. The number of anilines is 2. The SMILES string of the molecule is COC(=O)c1ccc(Cl)c(NC(=O)CN(C(C)=O)c2ccc(C)cc2C)c1. The Morgan fingerprint density at radius 2 is 1.81 bits per heavy atom. The number of ether oxygens (including phenoxy) is 1. The highest BCUT2D eigenvalue weighted by atomic mass is 35.5. The van der Waals surface area contributed by atoms with Crippen molar-refractivity contribution in [2.24, 2.45) is 0 Å². The van der Waals surface area contributed by atoms with E-state index in [1.807, 2.05) is 32.0 Å². The molecule has 0 saturated heterocycles. The lowest BCUT2D eigenvalue weighted by Crippen LogP contribution is -2.37. The van der Waals surface area contributed by atoms with Gasteiger partial charge in [-0.25, -0.2) is 4.79 Å². The molecule has 0 heterocycles. The average molecular weight is 389 g/mol. The Kier molecular flexibility index (Phi) is 6.58. The van der Waals surface area contributed by atoms with Crippen molar-refractivity contribution in [3.05, 3.63) is 58.1 Å². The average Bonchev–Trinajstić information content (AvgIpc) is 2.61. The molecule has 142 valence electrons. The van der Waals surface area contributed by atoms with Gasteiger partial charge in [0, 0.05) is 12.6 Å². The van der Waals surface area contributed by atoms with Gasteiger partial charge >= 0.3 is 5.97 Å². The van der Waals surface area contributed by atoms with Crippen molar-refractivity contribution < 1.29 is 19.1 Å². The van der Waals surface area contributed by atoms with Crippen molar-refractivity contribution in [1.82, 2.24) is 0 Å². The van der Waals surface area contributed by atoms with E-state index in [0.29, 0.717) is 5.69 Å². The number of halogens is 1. The molecule has 0 aliphatic rings. The van der Waals surface area contributed by atoms with Crippen molar-refractivity contribution >= 4 is 40.8 Å². The van der Waals surface area contributed by atoms with E-state index in [1.165, 1.54) is 37.1 Å². The van der Waals surface area contributed by atoms with Gasteiger partial charge in [0.1, 0.15) is 6.54 Å². The van der Waals surface area contributed by atoms with Gasteiger partial charge in [-0.2, -0.15) is 0 Å². The quantitative estimate of drug-likeness (QED) is 0.792. The molecule has 2 aromatic rings. The van der Waals surface area contributed by atoms with Gasteiger partial charge in [-0.05, 0) is 43.7 Å². The number of rotatable bonds is 5. The molecule has 0 saturated carbocycles. The van der Waals surface area contributed by atoms with Crippen LogP contribution in [0.2, 0.25) is 5.02 Å². The standard InChI is InChI=1S/C20H21ClN2O4/c1-12-5-8-18(13(2)9-12)23(14(3)24)11-19(25)22-17-10-15(20(26)27-4)6-7-16(17)21/h5-10H,11H2,1-4H3,(H,22,25). The second-order valence-corrected chi connectivity index (χ2v) is 6.54. The van der Waals surface area contributed by atoms with Gasteiger partial charge < -0.3 is 15.0 Å². The Bertz CT molecular complexity index is 896. The van der Waals surface area contributed by atoms with E-state index < -0.39 is 11.9 Å². The van der Waals surface area contributed by atoms with Crippen molar-refractivity contribution in [1.29, 1.82) is 0 Å². The third-order valence-corrected chi connectivity index (χ3v) is 4.32. The van der Waals surface area contributed by atoms with E-state index in [-0.39, 0.29) is 28.7 Å². The van der Waals surface area contributed by atoms with Crippen LogP contribution in [0.3, 0.4) is 0 Å². The predicted octanol–water partition coefficient (Wildman–Crippen LogP) is 3.74. The molecule has 0 spiro atoms. The highest BCUT2D eigenvalue weighted by Gasteiger charge is 2.19. The minimum absolute atomic E-state index is 0.183. The Hall–Kier alpha value is -2.86. The molecular formula is C20H21ClN2O4. The van der Waals surface area contributed by atoms with Gasteiger partial charge in [0.2, 0.25) is 11.8 Å². The van der Waals surface area contributed by atoms with Gasteiger partial charge in [0.15, 0.2) is 0 Å². The van der Waals surface area contributed by atoms with Crippen LogP contribution in [0.15, 0.2) is 36.4 Å². The molecule has 0 aromatic heterocycles. The molecule has 0 bridgehead atoms. The van der Waals surface area contributed by atoms with Crippen LogP contribution in [0, 0.1) is 13.8 Å². The topological polar surface area (TPSA) is 75.7 Å². The van der Waals surface area contributed by atoms with Crippen molar-refractivity contribution in [3.63, 3.8) is 0 Å². The number of benzene rings is 2. The summed E-state index contributed by atoms with van der Waals surface area (Å²) in [6.45, 7) is 5.06. The molecule has 0 fully saturated rings. The molecule has 0 radical (unpaired) electrons. The first-order valence-corrected chi connectivity index (χ1v) is 8.63. The Morgan fingerprint density at radius 1 is 1.11 bits per heavy atom. The number of hydrogen-bond acceptors (Lipinski definition) is 4. The second kappa shape index (κ2) is 8.68. The first-order valence-electron chi connectivity index (χ1n) is 8.26. The third kappa shape index (κ3) is 5.08. The second-order valence-electron chi connectivity index (χ2n) is 6.13. The van der Waals surface area contributed by atoms with Crippen LogP contribution in [0.4, 0.5) is 11.4 Å². The molecule has 2 aromatic carbocycles. The number of amides is 2. The Labute approximate surface area is 163 Å². The smallest absolute Gasteiger partial charge is 0.337 e. The zero-order chi connectivity index (χ0) is 20.1. The molecule has 2 rings (SSSR count). The van der Waals surface area contributed by atoms with E-state index in [1.54, 1.807) is 0 Å². The molecule has 0 unspecified atom stereocenters. The highest BCUT2D eigenvalue weighted by Crippen LogP contribution is 2.25. The molecule has 6 nitrogen and oxygen atoms in total. The van der Waals surface area contributed by atoms with E-state index in [0.717, 1.165) is 11.1 Å². The first kappa shape index (κ1) is 20.5. The number of nitrogens with one attached hydrogen (secondary N) is 1. The number of hydrogen-bond donors (Lipinski definition) is 1. The van der Waals surface area contributed by atoms with Gasteiger partial charge in [0.05, 0.1) is 23.4 Å². The lowest BCUT2D eigenvalue weighted by Gasteiger charge is -2.23. The van der Waals surface area contributed by atoms with Crippen molar-refractivity contribution in [2.75, 3.05) is 23.9 Å². The van der Waals surface area contributed by atoms with Gasteiger partial charge in [-0.1, -0.05) is 29.3 Å². The summed E-state index contributed by atoms with van der Waals surface area (Å²) >= 11 is 6.10. The third-order valence-electron chi connectivity index (χ3n) is 3.99. The molecule has 2 amide bonds. The van der Waals surface area contributed by atoms with Crippen LogP contribution in [0.25, 0.3) is 0 Å². The summed E-state index contributed by atoms with van der Waals surface area (Å²) in [5.41, 5.74) is 3.15. The summed E-state index contributed by atoms with van der Waals surface area (Å²) in [6.07, 6.45) is 0. The van der Waals surface area contributed by atoms with E-state index in [9.17, 15) is 14.4 Å². The van der Waals surface area contributed by atoms with Crippen molar-refractivity contribution in [2.45, 2.75) is 20.8 Å². The van der Waals surface area contributed by atoms with Crippen LogP contribution >= 0.6 is 11.6 Å². The molecule has 27 heavy (non-hydrogen) atoms. The molecule has 0 aliphatic carbocycles. The lowest BCUT2D eigenvalue weighted by molar-refractivity contribution is -0.120. The first-order chi connectivity index (χ1) is 12.7. The van der Waals surface area contributed by atoms with Gasteiger partial charge in [0.25, 0.3) is 0 Å². The summed E-state index contributed by atoms with van der Waals surface area (Å²) in [5.74, 6) is -1.23. The Balaban J connectivity index is 2.22. The number of carbonyl (C=O) groups excluding carboxylic acids is 3. The fourth-order valence-electron chi connectivity index (χ4n) is 2.67. The minimum Gasteiger partial charge on any atom is -0.465 e. The maximum absolute atomic E-state index is 12.5. The number of esters is 1. The van der Waals surface area contributed by atoms with E-state index in [2.05, 4.69) is 10.1 Å². The summed E-state index contributed by atoms with van der Waals surface area (Å²) < 4.78 is 4.67. The number of carbonyl (C=O) groups is 3. The number of nitrogens with zero attached hydrogens (tertiary/aromatic N) is 1. The molecule has 0 atom stereocenters. The van der Waals surface area contributed by atoms with Gasteiger partial charge in [-0.3, -0.25) is 9.59 Å². The fraction of sp³-hybridized carbons (Fsp3) is 0.250. The molecule has 1 N–H and O–H groups in total. The van der Waals surface area contributed by atoms with E-state index in [4.69, 9.17) is 11.6 Å². The van der Waals surface area contributed by atoms with Crippen LogP contribution in [0.5, 0.6) is 0 Å². The van der Waals surface area contributed by atoms with Gasteiger partial charge in [-0.15, -0.1) is 0 Å². The molecule has 7 heteroatoms. The molecule has 0 aliphatic heterocycles. The van der Waals surface area contributed by atoms with Crippen LogP contribution in [-0.4, -0.2) is 31.4 Å². The number of methoxy groups -OCH3 is 1. The maximum Gasteiger partial charge on any atom is 0.337 e. The molecular weight excluding hydrogens is 368 g/mol. The van der Waals surface area contributed by atoms with Crippen molar-refractivity contribution in [3.8, 4) is 0 Å². The monoisotopic (exact) mass is 388 g/mol. The zero-order valence-corrected chi connectivity index (χ0v) is 16.4. The lowest BCUT2D eigenvalue weighted by atomic mass is 10.1. The minimum atomic E-state index is -0.539. The summed E-state index contributed by atoms with van der Waals surface area (Å²) in [4.78, 5) is 37.6. The normalized spacial score (nSPS) is 10.3. The zero-order valence-electron chi connectivity index (χ0n) is 15.6. The van der Waals surface area contributed by atoms with Crippen LogP contribution < -0.4 is 10.2 Å². The fourth-order valence-corrected chi connectivity index (χ4v) is 2.84. The summed E-state index contributed by atoms with van der Waals surface area (Å²) in [5, 5.41) is 2.92. The van der Waals surface area contributed by atoms with Crippen LogP contribution in [0.1, 0.15) is 28.4 Å². The van der Waals surface area contributed by atoms with Crippen LogP contribution in [-0.2, 0) is 14.3 Å². The summed E-state index contributed by atoms with van der Waals surface area (Å²) in [6, 6.07) is 10.1. The number of aryl methyl sites for hydroxylation is 2. The summed E-state index contributed by atoms with van der Waals surface area (Å²) in [7, 11) is 1.27. The maximum atomic E-state index is 12.5. The predicted molar refractivity (Wildman–Crippen MR) is 105 cm³/mol. The Morgan fingerprint density at radius 3 is 2.41 bits per heavy atom.